The number of hydrogen-bond acceptors (Lipinski definition) is 3. The summed E-state index contributed by atoms with van der Waals surface area (Å²) in [6.07, 6.45) is 0.746. The molecule has 0 bridgehead atoms. The summed E-state index contributed by atoms with van der Waals surface area (Å²) in [6.45, 7) is 3.83. The Morgan fingerprint density at radius 1 is 1.44 bits per heavy atom. The van der Waals surface area contributed by atoms with E-state index in [-0.39, 0.29) is 11.8 Å². The number of thiophene rings is 1. The molecule has 1 aromatic heterocycles. The second-order valence-corrected chi connectivity index (χ2v) is 5.31. The third kappa shape index (κ3) is 2.08. The Morgan fingerprint density at radius 2 is 2.19 bits per heavy atom. The van der Waals surface area contributed by atoms with Crippen molar-refractivity contribution in [1.82, 2.24) is 0 Å². The van der Waals surface area contributed by atoms with Gasteiger partial charge in [-0.25, -0.2) is 4.99 Å². The second-order valence-electron chi connectivity index (χ2n) is 3.59. The van der Waals surface area contributed by atoms with E-state index >= 15 is 0 Å². The van der Waals surface area contributed by atoms with Crippen LogP contribution in [0, 0.1) is 5.92 Å². The van der Waals surface area contributed by atoms with Crippen molar-refractivity contribution in [3.8, 4) is 0 Å². The van der Waals surface area contributed by atoms with Gasteiger partial charge in [-0.3, -0.25) is 4.79 Å². The third-order valence-corrected chi connectivity index (χ3v) is 3.73. The first-order valence-corrected chi connectivity index (χ1v) is 6.24. The Balaban J connectivity index is 2.36. The number of carbonyl (C=O) groups excluding carboxylic acids is 1. The van der Waals surface area contributed by atoms with Crippen LogP contribution >= 0.6 is 22.9 Å². The summed E-state index contributed by atoms with van der Waals surface area (Å²) in [5.41, 5.74) is 0.835. The average molecular weight is 255 g/mol. The lowest BCUT2D eigenvalue weighted by atomic mass is 9.99. The molecule has 16 heavy (non-hydrogen) atoms. The highest BCUT2D eigenvalue weighted by Crippen LogP contribution is 2.25. The Kier molecular flexibility index (Phi) is 3.21. The summed E-state index contributed by atoms with van der Waals surface area (Å²) in [7, 11) is 0. The summed E-state index contributed by atoms with van der Waals surface area (Å²) in [4.78, 5) is 20.9. The molecule has 0 radical (unpaired) electrons. The molecule has 0 fully saturated rings. The number of amidine groups is 1. The van der Waals surface area contributed by atoms with Gasteiger partial charge in [0.25, 0.3) is 5.91 Å². The van der Waals surface area contributed by atoms with Crippen molar-refractivity contribution >= 4 is 40.4 Å². The molecule has 1 aliphatic rings. The lowest BCUT2D eigenvalue weighted by Crippen LogP contribution is -2.26. The molecule has 1 atom stereocenters. The van der Waals surface area contributed by atoms with Crippen LogP contribution in [0.1, 0.15) is 25.1 Å². The fourth-order valence-corrected chi connectivity index (χ4v) is 2.62. The number of carbonyl (C=O) groups is 1. The van der Waals surface area contributed by atoms with Crippen LogP contribution in [0.5, 0.6) is 0 Å². The zero-order valence-corrected chi connectivity index (χ0v) is 10.6. The summed E-state index contributed by atoms with van der Waals surface area (Å²) in [6, 6.07) is 3.62. The van der Waals surface area contributed by atoms with Gasteiger partial charge in [-0.05, 0) is 25.5 Å². The maximum absolute atomic E-state index is 11.7. The van der Waals surface area contributed by atoms with E-state index in [1.54, 1.807) is 6.07 Å². The summed E-state index contributed by atoms with van der Waals surface area (Å²) in [5, 5.41) is 0. The maximum atomic E-state index is 11.7. The van der Waals surface area contributed by atoms with E-state index in [1.807, 2.05) is 19.9 Å². The molecule has 0 N–H and O–H groups in total. The molecule has 0 aliphatic carbocycles. The van der Waals surface area contributed by atoms with Crippen molar-refractivity contribution in [2.24, 2.45) is 15.9 Å². The number of amides is 1. The summed E-state index contributed by atoms with van der Waals surface area (Å²) in [5.74, 6) is 0.234. The SMILES string of the molecule is CCC1C(=O)N=C(c2ccc(Cl)s2)N=C1C. The minimum Gasteiger partial charge on any atom is -0.272 e. The minimum atomic E-state index is -0.154. The van der Waals surface area contributed by atoms with Gasteiger partial charge in [0.2, 0.25) is 0 Å². The smallest absolute Gasteiger partial charge is 0.256 e. The fraction of sp³-hybridized carbons (Fsp3) is 0.364. The van der Waals surface area contributed by atoms with Crippen molar-refractivity contribution in [2.75, 3.05) is 0 Å². The van der Waals surface area contributed by atoms with E-state index in [0.29, 0.717) is 10.2 Å². The monoisotopic (exact) mass is 254 g/mol. The maximum Gasteiger partial charge on any atom is 0.256 e. The molecular weight excluding hydrogens is 244 g/mol. The van der Waals surface area contributed by atoms with Crippen molar-refractivity contribution in [3.63, 3.8) is 0 Å². The van der Waals surface area contributed by atoms with E-state index < -0.39 is 0 Å². The highest BCUT2D eigenvalue weighted by Gasteiger charge is 2.25. The minimum absolute atomic E-state index is 0.102. The molecule has 2 rings (SSSR count). The van der Waals surface area contributed by atoms with Gasteiger partial charge in [-0.15, -0.1) is 11.3 Å². The standard InChI is InChI=1S/C11H11ClN2OS/c1-3-7-6(2)13-10(14-11(7)15)8-4-5-9(12)16-8/h4-5,7H,3H2,1-2H3. The highest BCUT2D eigenvalue weighted by molar-refractivity contribution is 7.18. The van der Waals surface area contributed by atoms with Gasteiger partial charge in [0, 0.05) is 5.71 Å². The molecule has 3 nitrogen and oxygen atoms in total. The molecule has 2 heterocycles. The fourth-order valence-electron chi connectivity index (χ4n) is 1.65. The van der Waals surface area contributed by atoms with Gasteiger partial charge in [0.15, 0.2) is 5.84 Å². The molecule has 0 saturated heterocycles. The van der Waals surface area contributed by atoms with Crippen LogP contribution in [0.4, 0.5) is 0 Å². The van der Waals surface area contributed by atoms with E-state index in [2.05, 4.69) is 9.98 Å². The lowest BCUT2D eigenvalue weighted by Gasteiger charge is -2.15. The van der Waals surface area contributed by atoms with Gasteiger partial charge in [0.1, 0.15) is 0 Å². The van der Waals surface area contributed by atoms with E-state index in [1.165, 1.54) is 11.3 Å². The normalized spacial score (nSPS) is 20.7. The number of nitrogens with zero attached hydrogens (tertiary/aromatic N) is 2. The largest absolute Gasteiger partial charge is 0.272 e. The van der Waals surface area contributed by atoms with Crippen molar-refractivity contribution in [1.29, 1.82) is 0 Å². The molecule has 1 amide bonds. The van der Waals surface area contributed by atoms with Crippen molar-refractivity contribution < 1.29 is 4.79 Å². The van der Waals surface area contributed by atoms with Crippen LogP contribution < -0.4 is 0 Å². The van der Waals surface area contributed by atoms with E-state index in [0.717, 1.165) is 17.0 Å². The van der Waals surface area contributed by atoms with Crippen LogP contribution in [0.25, 0.3) is 0 Å². The molecular formula is C11H11ClN2OS. The molecule has 0 aromatic carbocycles. The molecule has 0 spiro atoms. The van der Waals surface area contributed by atoms with Gasteiger partial charge in [0.05, 0.1) is 15.1 Å². The Labute approximate surface area is 103 Å². The van der Waals surface area contributed by atoms with Crippen LogP contribution in [0.15, 0.2) is 22.1 Å². The van der Waals surface area contributed by atoms with Gasteiger partial charge < -0.3 is 0 Å². The molecule has 1 aromatic rings. The number of aliphatic imine (C=N–C) groups is 2. The predicted molar refractivity (Wildman–Crippen MR) is 67.8 cm³/mol. The topological polar surface area (TPSA) is 41.8 Å². The third-order valence-electron chi connectivity index (χ3n) is 2.50. The first-order valence-electron chi connectivity index (χ1n) is 5.05. The van der Waals surface area contributed by atoms with Crippen LogP contribution in [0.3, 0.4) is 0 Å². The summed E-state index contributed by atoms with van der Waals surface area (Å²) >= 11 is 7.22. The Morgan fingerprint density at radius 3 is 2.69 bits per heavy atom. The zero-order chi connectivity index (χ0) is 11.7. The van der Waals surface area contributed by atoms with Crippen LogP contribution in [0.2, 0.25) is 4.34 Å². The zero-order valence-electron chi connectivity index (χ0n) is 9.03. The Hall–Kier alpha value is -1.00. The number of halogens is 1. The quantitative estimate of drug-likeness (QED) is 0.799. The van der Waals surface area contributed by atoms with Crippen molar-refractivity contribution in [3.05, 3.63) is 21.3 Å². The second kappa shape index (κ2) is 4.47. The highest BCUT2D eigenvalue weighted by atomic mass is 35.5. The Bertz CT molecular complexity index is 490. The van der Waals surface area contributed by atoms with Gasteiger partial charge in [-0.2, -0.15) is 4.99 Å². The van der Waals surface area contributed by atoms with Gasteiger partial charge in [-0.1, -0.05) is 18.5 Å². The van der Waals surface area contributed by atoms with Gasteiger partial charge >= 0.3 is 0 Å². The van der Waals surface area contributed by atoms with Crippen LogP contribution in [-0.4, -0.2) is 17.5 Å². The van der Waals surface area contributed by atoms with E-state index in [4.69, 9.17) is 11.6 Å². The van der Waals surface area contributed by atoms with Crippen LogP contribution in [-0.2, 0) is 4.79 Å². The molecule has 5 heteroatoms. The average Bonchev–Trinajstić information content (AvgIpc) is 2.64. The lowest BCUT2D eigenvalue weighted by molar-refractivity contribution is -0.119. The first-order chi connectivity index (χ1) is 7.61. The summed E-state index contributed by atoms with van der Waals surface area (Å²) < 4.78 is 0.676. The first kappa shape index (κ1) is 11.5. The number of rotatable bonds is 2. The molecule has 1 unspecified atom stereocenters. The van der Waals surface area contributed by atoms with E-state index in [9.17, 15) is 4.79 Å². The molecule has 84 valence electrons. The van der Waals surface area contributed by atoms with Crippen molar-refractivity contribution in [2.45, 2.75) is 20.3 Å². The molecule has 0 saturated carbocycles. The number of hydrogen-bond donors (Lipinski definition) is 0. The predicted octanol–water partition coefficient (Wildman–Crippen LogP) is 3.18. The molecule has 1 aliphatic heterocycles.